The third kappa shape index (κ3) is 6.03. The maximum absolute atomic E-state index is 11.7. The van der Waals surface area contributed by atoms with Crippen LogP contribution >= 0.6 is 0 Å². The largest absolute Gasteiger partial charge is 0.448 e. The zero-order valence-corrected chi connectivity index (χ0v) is 13.6. The molecule has 0 unspecified atom stereocenters. The monoisotopic (exact) mass is 305 g/mol. The number of amides is 1. The summed E-state index contributed by atoms with van der Waals surface area (Å²) < 4.78 is 5.17. The summed E-state index contributed by atoms with van der Waals surface area (Å²) >= 11 is 0. The number of likely N-dealkylation sites (tertiary alicyclic amines) is 1. The smallest absolute Gasteiger partial charge is 0.407 e. The Morgan fingerprint density at radius 1 is 1.27 bits per heavy atom. The Bertz CT molecular complexity index is 442. The number of hydrogen-bond donors (Lipinski definition) is 1. The molecule has 2 rings (SSSR count). The summed E-state index contributed by atoms with van der Waals surface area (Å²) in [6.07, 6.45) is 1.67. The van der Waals surface area contributed by atoms with E-state index in [4.69, 9.17) is 4.74 Å². The van der Waals surface area contributed by atoms with E-state index >= 15 is 0 Å². The predicted molar refractivity (Wildman–Crippen MR) is 87.8 cm³/mol. The van der Waals surface area contributed by atoms with Gasteiger partial charge in [-0.3, -0.25) is 4.90 Å². The average Bonchev–Trinajstić information content (AvgIpc) is 2.50. The average molecular weight is 305 g/mol. The minimum atomic E-state index is -0.289. The molecule has 1 amide bonds. The highest BCUT2D eigenvalue weighted by Crippen LogP contribution is 2.13. The molecule has 5 heteroatoms. The van der Waals surface area contributed by atoms with Crippen molar-refractivity contribution < 1.29 is 9.53 Å². The van der Waals surface area contributed by atoms with Gasteiger partial charge in [0.25, 0.3) is 0 Å². The fourth-order valence-electron chi connectivity index (χ4n) is 2.61. The summed E-state index contributed by atoms with van der Waals surface area (Å²) in [7, 11) is 3.92. The first kappa shape index (κ1) is 16.8. The Hall–Kier alpha value is -1.59. The number of likely N-dealkylation sites (N-methyl/N-ethyl adjacent to an activating group) is 1. The Balaban J connectivity index is 1.63. The fourth-order valence-corrected chi connectivity index (χ4v) is 2.61. The van der Waals surface area contributed by atoms with Gasteiger partial charge in [0.2, 0.25) is 0 Å². The maximum atomic E-state index is 11.7. The number of benzene rings is 1. The van der Waals surface area contributed by atoms with Crippen LogP contribution in [-0.2, 0) is 11.3 Å². The van der Waals surface area contributed by atoms with Crippen LogP contribution in [0.1, 0.15) is 18.4 Å². The SMILES string of the molecule is CN(C)CCOC(=O)NC1CCN(Cc2ccccc2)CC1. The van der Waals surface area contributed by atoms with Crippen molar-refractivity contribution in [2.75, 3.05) is 40.3 Å². The van der Waals surface area contributed by atoms with E-state index in [1.54, 1.807) is 0 Å². The molecule has 5 nitrogen and oxygen atoms in total. The van der Waals surface area contributed by atoms with Gasteiger partial charge < -0.3 is 15.0 Å². The van der Waals surface area contributed by atoms with E-state index in [1.165, 1.54) is 5.56 Å². The van der Waals surface area contributed by atoms with Gasteiger partial charge in [-0.05, 0) is 32.5 Å². The fraction of sp³-hybridized carbons (Fsp3) is 0.588. The summed E-state index contributed by atoms with van der Waals surface area (Å²) in [6, 6.07) is 10.8. The predicted octanol–water partition coefficient (Wildman–Crippen LogP) is 1.94. The molecule has 1 aliphatic rings. The second kappa shape index (κ2) is 8.76. The molecule has 0 aliphatic carbocycles. The molecule has 0 aromatic heterocycles. The first-order chi connectivity index (χ1) is 10.6. The molecule has 1 aromatic rings. The molecule has 22 heavy (non-hydrogen) atoms. The second-order valence-electron chi connectivity index (χ2n) is 6.12. The standard InChI is InChI=1S/C17H27N3O2/c1-19(2)12-13-22-17(21)18-16-8-10-20(11-9-16)14-15-6-4-3-5-7-15/h3-7,16H,8-14H2,1-2H3,(H,18,21). The zero-order chi connectivity index (χ0) is 15.8. The lowest BCUT2D eigenvalue weighted by atomic mass is 10.0. The Kier molecular flexibility index (Phi) is 6.68. The van der Waals surface area contributed by atoms with Gasteiger partial charge in [-0.1, -0.05) is 30.3 Å². The molecule has 122 valence electrons. The molecule has 0 radical (unpaired) electrons. The van der Waals surface area contributed by atoms with E-state index in [-0.39, 0.29) is 12.1 Å². The summed E-state index contributed by atoms with van der Waals surface area (Å²) in [5.41, 5.74) is 1.34. The Morgan fingerprint density at radius 2 is 1.95 bits per heavy atom. The lowest BCUT2D eigenvalue weighted by Crippen LogP contribution is -2.44. The molecule has 1 heterocycles. The van der Waals surface area contributed by atoms with Gasteiger partial charge in [0, 0.05) is 32.2 Å². The van der Waals surface area contributed by atoms with Gasteiger partial charge in [-0.2, -0.15) is 0 Å². The Morgan fingerprint density at radius 3 is 2.59 bits per heavy atom. The molecule has 0 saturated carbocycles. The first-order valence-corrected chi connectivity index (χ1v) is 7.98. The van der Waals surface area contributed by atoms with E-state index < -0.39 is 0 Å². The number of carbonyl (C=O) groups is 1. The van der Waals surface area contributed by atoms with E-state index in [2.05, 4.69) is 34.5 Å². The van der Waals surface area contributed by atoms with Crippen LogP contribution in [0.15, 0.2) is 30.3 Å². The Labute approximate surface area is 133 Å². The van der Waals surface area contributed by atoms with Crippen molar-refractivity contribution in [3.05, 3.63) is 35.9 Å². The second-order valence-corrected chi connectivity index (χ2v) is 6.12. The van der Waals surface area contributed by atoms with Crippen LogP contribution in [0.3, 0.4) is 0 Å². The highest BCUT2D eigenvalue weighted by atomic mass is 16.5. The number of nitrogens with zero attached hydrogens (tertiary/aromatic N) is 2. The van der Waals surface area contributed by atoms with Gasteiger partial charge >= 0.3 is 6.09 Å². The maximum Gasteiger partial charge on any atom is 0.407 e. The molecule has 0 spiro atoms. The third-order valence-electron chi connectivity index (χ3n) is 3.93. The van der Waals surface area contributed by atoms with Crippen LogP contribution in [0.25, 0.3) is 0 Å². The highest BCUT2D eigenvalue weighted by molar-refractivity contribution is 5.67. The van der Waals surface area contributed by atoms with Crippen molar-refractivity contribution in [2.24, 2.45) is 0 Å². The van der Waals surface area contributed by atoms with Crippen LogP contribution < -0.4 is 5.32 Å². The van der Waals surface area contributed by atoms with Crippen molar-refractivity contribution in [3.8, 4) is 0 Å². The van der Waals surface area contributed by atoms with Crippen LogP contribution in [0.2, 0.25) is 0 Å². The highest BCUT2D eigenvalue weighted by Gasteiger charge is 2.21. The van der Waals surface area contributed by atoms with Crippen LogP contribution in [0, 0.1) is 0 Å². The van der Waals surface area contributed by atoms with Gasteiger partial charge in [-0.15, -0.1) is 0 Å². The summed E-state index contributed by atoms with van der Waals surface area (Å²) in [5.74, 6) is 0. The molecule has 0 bridgehead atoms. The summed E-state index contributed by atoms with van der Waals surface area (Å²) in [6.45, 7) is 4.20. The quantitative estimate of drug-likeness (QED) is 0.872. The number of hydrogen-bond acceptors (Lipinski definition) is 4. The van der Waals surface area contributed by atoms with Crippen molar-refractivity contribution in [2.45, 2.75) is 25.4 Å². The number of nitrogens with one attached hydrogen (secondary N) is 1. The number of piperidine rings is 1. The molecule has 1 aliphatic heterocycles. The van der Waals surface area contributed by atoms with Crippen molar-refractivity contribution in [1.82, 2.24) is 15.1 Å². The van der Waals surface area contributed by atoms with Crippen LogP contribution in [0.5, 0.6) is 0 Å². The van der Waals surface area contributed by atoms with E-state index in [1.807, 2.05) is 25.1 Å². The van der Waals surface area contributed by atoms with Gasteiger partial charge in [0.15, 0.2) is 0 Å². The van der Waals surface area contributed by atoms with Crippen molar-refractivity contribution >= 4 is 6.09 Å². The minimum Gasteiger partial charge on any atom is -0.448 e. The lowest BCUT2D eigenvalue weighted by Gasteiger charge is -2.32. The summed E-state index contributed by atoms with van der Waals surface area (Å²) in [5, 5.41) is 2.97. The van der Waals surface area contributed by atoms with Gasteiger partial charge in [0.1, 0.15) is 6.61 Å². The molecule has 1 N–H and O–H groups in total. The van der Waals surface area contributed by atoms with E-state index in [0.29, 0.717) is 6.61 Å². The van der Waals surface area contributed by atoms with Crippen molar-refractivity contribution in [3.63, 3.8) is 0 Å². The molecule has 1 aromatic carbocycles. The molecular weight excluding hydrogens is 278 g/mol. The summed E-state index contributed by atoms with van der Waals surface area (Å²) in [4.78, 5) is 16.1. The van der Waals surface area contributed by atoms with Crippen LogP contribution in [0.4, 0.5) is 4.79 Å². The lowest BCUT2D eigenvalue weighted by molar-refractivity contribution is 0.124. The molecular formula is C17H27N3O2. The molecule has 1 saturated heterocycles. The molecule has 1 fully saturated rings. The minimum absolute atomic E-state index is 0.235. The van der Waals surface area contributed by atoms with Gasteiger partial charge in [0.05, 0.1) is 0 Å². The van der Waals surface area contributed by atoms with Gasteiger partial charge in [-0.25, -0.2) is 4.79 Å². The van der Waals surface area contributed by atoms with Crippen LogP contribution in [-0.4, -0.2) is 62.3 Å². The van der Waals surface area contributed by atoms with E-state index in [9.17, 15) is 4.79 Å². The number of ether oxygens (including phenoxy) is 1. The zero-order valence-electron chi connectivity index (χ0n) is 13.6. The normalized spacial score (nSPS) is 16.7. The first-order valence-electron chi connectivity index (χ1n) is 7.98. The van der Waals surface area contributed by atoms with Crippen molar-refractivity contribution in [1.29, 1.82) is 0 Å². The number of rotatable bonds is 6. The van der Waals surface area contributed by atoms with E-state index in [0.717, 1.165) is 39.0 Å². The topological polar surface area (TPSA) is 44.8 Å². The third-order valence-corrected chi connectivity index (χ3v) is 3.93. The number of alkyl carbamates (subject to hydrolysis) is 1. The molecule has 0 atom stereocenters. The number of carbonyl (C=O) groups excluding carboxylic acids is 1.